The third-order valence-electron chi connectivity index (χ3n) is 14.0. The predicted molar refractivity (Wildman–Crippen MR) is 340 cm³/mol. The van der Waals surface area contributed by atoms with Crippen LogP contribution in [0.15, 0.2) is 122 Å². The molecule has 1 aliphatic rings. The number of aliphatic hydroxyl groups is 2. The Hall–Kier alpha value is -4.88. The Morgan fingerprint density at radius 2 is 0.771 bits per heavy atom. The van der Waals surface area contributed by atoms with Gasteiger partial charge in [-0.15, -0.1) is 0 Å². The zero-order valence-electron chi connectivity index (χ0n) is 51.9. The summed E-state index contributed by atoms with van der Waals surface area (Å²) < 4.78 is 28.4. The van der Waals surface area contributed by atoms with E-state index < -0.39 is 67.3 Å². The third kappa shape index (κ3) is 47.1. The molecule has 0 spiro atoms. The zero-order chi connectivity index (χ0) is 60.3. The molecule has 1 fully saturated rings. The maximum Gasteiger partial charge on any atom is 0.335 e. The van der Waals surface area contributed by atoms with Gasteiger partial charge in [0.2, 0.25) is 0 Å². The quantitative estimate of drug-likeness (QED) is 0.0228. The van der Waals surface area contributed by atoms with Crippen molar-refractivity contribution in [2.24, 2.45) is 0 Å². The molecule has 1 aliphatic heterocycles. The Morgan fingerprint density at radius 3 is 1.19 bits per heavy atom. The number of esters is 3. The maximum absolute atomic E-state index is 13.2. The molecule has 0 aromatic carbocycles. The van der Waals surface area contributed by atoms with Crippen LogP contribution in [-0.4, -0.2) is 89.2 Å². The first-order chi connectivity index (χ1) is 40.6. The van der Waals surface area contributed by atoms with Crippen LogP contribution in [0.4, 0.5) is 0 Å². The normalized spacial score (nSPS) is 18.4. The molecule has 1 rings (SSSR count). The van der Waals surface area contributed by atoms with Crippen LogP contribution in [0.1, 0.15) is 252 Å². The van der Waals surface area contributed by atoms with Crippen LogP contribution < -0.4 is 0 Å². The fourth-order valence-corrected chi connectivity index (χ4v) is 9.14. The van der Waals surface area contributed by atoms with E-state index in [2.05, 4.69) is 130 Å². The lowest BCUT2D eigenvalue weighted by Crippen LogP contribution is -2.61. The van der Waals surface area contributed by atoms with Crippen molar-refractivity contribution in [2.75, 3.05) is 13.2 Å². The van der Waals surface area contributed by atoms with Crippen LogP contribution in [0, 0.1) is 0 Å². The van der Waals surface area contributed by atoms with Crippen molar-refractivity contribution in [3.63, 3.8) is 0 Å². The van der Waals surface area contributed by atoms with Crippen LogP contribution in [0.25, 0.3) is 0 Å². The van der Waals surface area contributed by atoms with Gasteiger partial charge in [-0.05, 0) is 103 Å². The minimum atomic E-state index is -1.92. The van der Waals surface area contributed by atoms with E-state index in [0.29, 0.717) is 25.7 Å². The summed E-state index contributed by atoms with van der Waals surface area (Å²) in [6.45, 7) is 5.71. The molecule has 0 amide bonds. The van der Waals surface area contributed by atoms with Crippen LogP contribution >= 0.6 is 0 Å². The van der Waals surface area contributed by atoms with Crippen LogP contribution in [0.5, 0.6) is 0 Å². The van der Waals surface area contributed by atoms with Gasteiger partial charge in [-0.1, -0.05) is 251 Å². The van der Waals surface area contributed by atoms with E-state index in [9.17, 15) is 34.5 Å². The van der Waals surface area contributed by atoms with E-state index in [0.717, 1.165) is 109 Å². The van der Waals surface area contributed by atoms with Gasteiger partial charge in [0, 0.05) is 19.3 Å². The number of aliphatic carboxylic acids is 1. The molecule has 470 valence electrons. The molecule has 6 atom stereocenters. The highest BCUT2D eigenvalue weighted by Gasteiger charge is 2.50. The smallest absolute Gasteiger partial charge is 0.335 e. The van der Waals surface area contributed by atoms with Crippen LogP contribution in [0.2, 0.25) is 0 Å². The molecular weight excluding hydrogens is 1040 g/mol. The van der Waals surface area contributed by atoms with Gasteiger partial charge in [0.15, 0.2) is 24.6 Å². The molecule has 1 saturated heterocycles. The summed E-state index contributed by atoms with van der Waals surface area (Å²) in [5.41, 5.74) is 0. The first-order valence-electron chi connectivity index (χ1n) is 32.5. The van der Waals surface area contributed by atoms with Crippen molar-refractivity contribution in [1.29, 1.82) is 0 Å². The number of carbonyl (C=O) groups excluding carboxylic acids is 3. The average molecular weight is 1160 g/mol. The van der Waals surface area contributed by atoms with Gasteiger partial charge in [0.05, 0.1) is 6.61 Å². The highest BCUT2D eigenvalue weighted by molar-refractivity contribution is 5.74. The summed E-state index contributed by atoms with van der Waals surface area (Å²) in [7, 11) is 0. The van der Waals surface area contributed by atoms with Crippen molar-refractivity contribution < 1.29 is 58.2 Å². The molecule has 12 heteroatoms. The van der Waals surface area contributed by atoms with Crippen LogP contribution in [0.3, 0.4) is 0 Å². The molecule has 0 aromatic heterocycles. The molecule has 12 nitrogen and oxygen atoms in total. The number of rotatable bonds is 54. The van der Waals surface area contributed by atoms with E-state index in [1.54, 1.807) is 0 Å². The largest absolute Gasteiger partial charge is 0.479 e. The molecular formula is C71H114O12. The van der Waals surface area contributed by atoms with E-state index in [1.807, 2.05) is 12.2 Å². The second-order valence-electron chi connectivity index (χ2n) is 21.6. The topological polar surface area (TPSA) is 175 Å². The monoisotopic (exact) mass is 1160 g/mol. The first kappa shape index (κ1) is 76.1. The highest BCUT2D eigenvalue weighted by atomic mass is 16.7. The maximum atomic E-state index is 13.2. The minimum Gasteiger partial charge on any atom is -0.479 e. The number of hydrogen-bond acceptors (Lipinski definition) is 11. The Balaban J connectivity index is 2.72. The lowest BCUT2D eigenvalue weighted by molar-refractivity contribution is -0.301. The zero-order valence-corrected chi connectivity index (χ0v) is 51.9. The summed E-state index contributed by atoms with van der Waals surface area (Å²) in [4.78, 5) is 51.3. The van der Waals surface area contributed by atoms with Gasteiger partial charge in [-0.2, -0.15) is 0 Å². The fraction of sp³-hybridized carbons (Fsp3) is 0.662. The lowest BCUT2D eigenvalue weighted by Gasteiger charge is -2.40. The Kier molecular flexibility index (Phi) is 52.8. The van der Waals surface area contributed by atoms with Gasteiger partial charge < -0.3 is 39.0 Å². The summed E-state index contributed by atoms with van der Waals surface area (Å²) >= 11 is 0. The first-order valence-corrected chi connectivity index (χ1v) is 32.5. The van der Waals surface area contributed by atoms with Crippen molar-refractivity contribution in [3.8, 4) is 0 Å². The molecule has 1 heterocycles. The molecule has 0 radical (unpaired) electrons. The second kappa shape index (κ2) is 57.5. The Morgan fingerprint density at radius 1 is 0.410 bits per heavy atom. The number of carboxylic acids is 1. The number of carbonyl (C=O) groups is 4. The number of allylic oxidation sites excluding steroid dienone is 20. The number of carboxylic acid groups (broad SMARTS) is 1. The summed E-state index contributed by atoms with van der Waals surface area (Å²) in [5.74, 6) is -3.25. The van der Waals surface area contributed by atoms with Gasteiger partial charge in [0.1, 0.15) is 18.8 Å². The molecule has 83 heavy (non-hydrogen) atoms. The minimum absolute atomic E-state index is 0.0478. The number of ether oxygens (including phenoxy) is 5. The Bertz CT molecular complexity index is 1900. The standard InChI is InChI=1S/C71H114O12/c1-4-7-10-13-16-19-22-25-28-31-32-35-36-39-42-45-48-51-54-57-63(72)79-60-62(81-64(73)58-55-52-49-46-43-40-37-33-29-26-23-20-17-14-11-8-5-2)61-80-71-69(67(76)66(75)68(83-71)70(77)78)82-65(74)59-56-53-50-47-44-41-38-34-30-27-24-21-18-15-12-9-6-3/h7-8,10-11,16-17,19-20,25-26,28-29,32,35,37,39-40,42,46,49,62,66-69,71,75-76H,4-6,9,12-15,18,21-24,27,30-31,33-34,36,38,41,43-45,47-48,50-61H2,1-3H3,(H,77,78)/b10-7-,11-8-,19-16-,20-17-,28-25-,29-26-,35-32-,40-37-,42-39-,49-46-. The fourth-order valence-electron chi connectivity index (χ4n) is 9.14. The lowest BCUT2D eigenvalue weighted by atomic mass is 9.98. The SMILES string of the molecule is CC/C=C\C/C=C\C/C=C\C/C=C\C/C=C\CCCCCC(=O)OCC(COC1OC(C(=O)O)C(O)C(O)C1OC(=O)CCCCCCCCCCCCCCCCCCC)OC(=O)CCC/C=C\C/C=C\C/C=C\C/C=C\C/C=C\CC. The summed E-state index contributed by atoms with van der Waals surface area (Å²) in [6.07, 6.45) is 67.3. The van der Waals surface area contributed by atoms with Crippen molar-refractivity contribution >= 4 is 23.9 Å². The number of aliphatic hydroxyl groups excluding tert-OH is 2. The third-order valence-corrected chi connectivity index (χ3v) is 14.0. The van der Waals surface area contributed by atoms with Gasteiger partial charge in [-0.25, -0.2) is 4.79 Å². The highest BCUT2D eigenvalue weighted by Crippen LogP contribution is 2.26. The molecule has 0 bridgehead atoms. The van der Waals surface area contributed by atoms with Gasteiger partial charge in [0.25, 0.3) is 0 Å². The summed E-state index contributed by atoms with van der Waals surface area (Å²) in [5, 5.41) is 31.6. The number of unbranched alkanes of at least 4 members (excludes halogenated alkanes) is 20. The molecule has 0 aliphatic carbocycles. The predicted octanol–water partition coefficient (Wildman–Crippen LogP) is 17.6. The molecule has 6 unspecified atom stereocenters. The molecule has 0 aromatic rings. The van der Waals surface area contributed by atoms with E-state index in [1.165, 1.54) is 77.0 Å². The van der Waals surface area contributed by atoms with E-state index in [-0.39, 0.29) is 25.9 Å². The second-order valence-corrected chi connectivity index (χ2v) is 21.6. The summed E-state index contributed by atoms with van der Waals surface area (Å²) in [6, 6.07) is 0. The number of hydrogen-bond donors (Lipinski definition) is 3. The molecule has 3 N–H and O–H groups in total. The van der Waals surface area contributed by atoms with E-state index in [4.69, 9.17) is 23.7 Å². The van der Waals surface area contributed by atoms with Crippen molar-refractivity contribution in [3.05, 3.63) is 122 Å². The Labute approximate surface area is 503 Å². The van der Waals surface area contributed by atoms with Gasteiger partial charge >= 0.3 is 23.9 Å². The van der Waals surface area contributed by atoms with Crippen LogP contribution in [-0.2, 0) is 42.9 Å². The van der Waals surface area contributed by atoms with Gasteiger partial charge in [-0.3, -0.25) is 14.4 Å². The van der Waals surface area contributed by atoms with Crippen molar-refractivity contribution in [1.82, 2.24) is 0 Å². The van der Waals surface area contributed by atoms with Crippen molar-refractivity contribution in [2.45, 2.75) is 289 Å². The molecule has 0 saturated carbocycles. The van der Waals surface area contributed by atoms with E-state index >= 15 is 0 Å². The average Bonchev–Trinajstić information content (AvgIpc) is 3.59.